The molecule has 1 N–H and O–H groups in total. The van der Waals surface area contributed by atoms with E-state index in [9.17, 15) is 4.79 Å². The monoisotopic (exact) mass is 360 g/mol. The quantitative estimate of drug-likeness (QED) is 0.652. The van der Waals surface area contributed by atoms with Gasteiger partial charge in [0.1, 0.15) is 19.0 Å². The molecule has 0 bridgehead atoms. The molecule has 7 heteroatoms. The molecule has 140 valence electrons. The van der Waals surface area contributed by atoms with Crippen LogP contribution in [0.3, 0.4) is 0 Å². The number of carbonyl (C=O) groups excluding carboxylic acids is 1. The number of nitrogens with zero attached hydrogens (tertiary/aromatic N) is 1. The van der Waals surface area contributed by atoms with E-state index >= 15 is 0 Å². The predicted octanol–water partition coefficient (Wildman–Crippen LogP) is 1.97. The van der Waals surface area contributed by atoms with Crippen molar-refractivity contribution in [3.05, 3.63) is 47.9 Å². The number of hydrogen-bond acceptors (Lipinski definition) is 6. The zero-order valence-electron chi connectivity index (χ0n) is 14.7. The third-order valence-corrected chi connectivity index (χ3v) is 4.05. The molecule has 3 rings (SSSR count). The van der Waals surface area contributed by atoms with Crippen LogP contribution < -0.4 is 10.1 Å². The summed E-state index contributed by atoms with van der Waals surface area (Å²) in [6, 6.07) is 11.3. The second kappa shape index (κ2) is 9.94. The Kier molecular flexibility index (Phi) is 7.04. The van der Waals surface area contributed by atoms with Crippen molar-refractivity contribution in [2.24, 2.45) is 5.92 Å². The largest absolute Gasteiger partial charge is 0.491 e. The molecular weight excluding hydrogens is 336 g/mol. The van der Waals surface area contributed by atoms with Gasteiger partial charge in [-0.05, 0) is 18.6 Å². The first-order valence-corrected chi connectivity index (χ1v) is 8.84. The van der Waals surface area contributed by atoms with Crippen molar-refractivity contribution in [3.63, 3.8) is 0 Å². The SMILES string of the molecule is O=C(Cc1cc(COCCOc2ccccc2)on1)NCC1CCOC1. The smallest absolute Gasteiger partial charge is 0.226 e. The molecule has 1 aliphatic heterocycles. The van der Waals surface area contributed by atoms with Crippen LogP contribution in [0.1, 0.15) is 17.9 Å². The summed E-state index contributed by atoms with van der Waals surface area (Å²) in [6.45, 7) is 3.34. The first kappa shape index (κ1) is 18.4. The Morgan fingerprint density at radius 1 is 1.27 bits per heavy atom. The molecule has 2 heterocycles. The van der Waals surface area contributed by atoms with Gasteiger partial charge in [0.2, 0.25) is 5.91 Å². The molecular formula is C19H24N2O5. The van der Waals surface area contributed by atoms with Gasteiger partial charge in [-0.25, -0.2) is 0 Å². The standard InChI is InChI=1S/C19H24N2O5/c22-19(20-12-15-6-7-23-13-15)11-16-10-18(26-21-16)14-24-8-9-25-17-4-2-1-3-5-17/h1-5,10,15H,6-9,11-14H2,(H,20,22). The van der Waals surface area contributed by atoms with Gasteiger partial charge < -0.3 is 24.1 Å². The molecule has 0 radical (unpaired) electrons. The minimum absolute atomic E-state index is 0.0612. The maximum atomic E-state index is 11.9. The number of hydrogen-bond donors (Lipinski definition) is 1. The zero-order chi connectivity index (χ0) is 18.0. The summed E-state index contributed by atoms with van der Waals surface area (Å²) < 4.78 is 21.5. The van der Waals surface area contributed by atoms with Crippen LogP contribution in [0, 0.1) is 5.92 Å². The predicted molar refractivity (Wildman–Crippen MR) is 93.7 cm³/mol. The lowest BCUT2D eigenvalue weighted by Crippen LogP contribution is -2.30. The first-order valence-electron chi connectivity index (χ1n) is 8.84. The van der Waals surface area contributed by atoms with E-state index in [0.717, 1.165) is 25.4 Å². The molecule has 1 unspecified atom stereocenters. The van der Waals surface area contributed by atoms with Crippen LogP contribution in [0.15, 0.2) is 40.9 Å². The van der Waals surface area contributed by atoms with Gasteiger partial charge in [0, 0.05) is 25.1 Å². The Morgan fingerprint density at radius 3 is 2.96 bits per heavy atom. The van der Waals surface area contributed by atoms with E-state index in [1.807, 2.05) is 30.3 Å². The summed E-state index contributed by atoms with van der Waals surface area (Å²) in [7, 11) is 0. The highest BCUT2D eigenvalue weighted by Crippen LogP contribution is 2.11. The van der Waals surface area contributed by atoms with Crippen LogP contribution >= 0.6 is 0 Å². The maximum absolute atomic E-state index is 11.9. The highest BCUT2D eigenvalue weighted by molar-refractivity contribution is 5.78. The Morgan fingerprint density at radius 2 is 2.15 bits per heavy atom. The van der Waals surface area contributed by atoms with Crippen LogP contribution in [-0.4, -0.2) is 44.0 Å². The average molecular weight is 360 g/mol. The van der Waals surface area contributed by atoms with Crippen LogP contribution in [-0.2, 0) is 27.3 Å². The number of carbonyl (C=O) groups is 1. The average Bonchev–Trinajstić information content (AvgIpc) is 3.33. The Hall–Kier alpha value is -2.38. The van der Waals surface area contributed by atoms with Crippen molar-refractivity contribution in [1.82, 2.24) is 10.5 Å². The second-order valence-electron chi connectivity index (χ2n) is 6.21. The molecule has 1 atom stereocenters. The highest BCUT2D eigenvalue weighted by Gasteiger charge is 2.17. The van der Waals surface area contributed by atoms with Crippen molar-refractivity contribution in [1.29, 1.82) is 0 Å². The fourth-order valence-electron chi connectivity index (χ4n) is 2.64. The van der Waals surface area contributed by atoms with E-state index in [2.05, 4.69) is 10.5 Å². The minimum Gasteiger partial charge on any atom is -0.491 e. The van der Waals surface area contributed by atoms with Crippen LogP contribution in [0.25, 0.3) is 0 Å². The Labute approximate surface area is 152 Å². The number of ether oxygens (including phenoxy) is 3. The Balaban J connectivity index is 1.29. The van der Waals surface area contributed by atoms with Gasteiger partial charge in [0.05, 0.1) is 25.3 Å². The molecule has 1 amide bonds. The van der Waals surface area contributed by atoms with Gasteiger partial charge in [-0.1, -0.05) is 23.4 Å². The lowest BCUT2D eigenvalue weighted by molar-refractivity contribution is -0.120. The third kappa shape index (κ3) is 6.16. The molecule has 1 aromatic carbocycles. The first-order chi connectivity index (χ1) is 12.8. The number of aromatic nitrogens is 1. The lowest BCUT2D eigenvalue weighted by Gasteiger charge is -2.08. The van der Waals surface area contributed by atoms with Gasteiger partial charge in [-0.15, -0.1) is 0 Å². The fourth-order valence-corrected chi connectivity index (χ4v) is 2.64. The maximum Gasteiger partial charge on any atom is 0.226 e. The zero-order valence-corrected chi connectivity index (χ0v) is 14.7. The van der Waals surface area contributed by atoms with E-state index in [1.165, 1.54) is 0 Å². The van der Waals surface area contributed by atoms with Crippen LogP contribution in [0.4, 0.5) is 0 Å². The molecule has 26 heavy (non-hydrogen) atoms. The summed E-state index contributed by atoms with van der Waals surface area (Å²) in [6.07, 6.45) is 1.20. The topological polar surface area (TPSA) is 82.8 Å². The molecule has 1 aromatic heterocycles. The molecule has 1 saturated heterocycles. The summed E-state index contributed by atoms with van der Waals surface area (Å²) >= 11 is 0. The highest BCUT2D eigenvalue weighted by atomic mass is 16.5. The molecule has 2 aromatic rings. The van der Waals surface area contributed by atoms with E-state index in [1.54, 1.807) is 6.07 Å². The van der Waals surface area contributed by atoms with E-state index < -0.39 is 0 Å². The number of nitrogens with one attached hydrogen (secondary N) is 1. The number of para-hydroxylation sites is 1. The molecule has 0 spiro atoms. The Bertz CT molecular complexity index is 668. The number of amides is 1. The molecule has 0 saturated carbocycles. The van der Waals surface area contributed by atoms with Gasteiger partial charge in [-0.2, -0.15) is 0 Å². The summed E-state index contributed by atoms with van der Waals surface area (Å²) in [5, 5.41) is 6.82. The van der Waals surface area contributed by atoms with E-state index in [-0.39, 0.29) is 12.3 Å². The van der Waals surface area contributed by atoms with E-state index in [0.29, 0.717) is 43.7 Å². The van der Waals surface area contributed by atoms with Gasteiger partial charge in [0.15, 0.2) is 5.76 Å². The lowest BCUT2D eigenvalue weighted by atomic mass is 10.1. The summed E-state index contributed by atoms with van der Waals surface area (Å²) in [5.41, 5.74) is 0.601. The molecule has 1 aliphatic rings. The van der Waals surface area contributed by atoms with Crippen molar-refractivity contribution in [2.45, 2.75) is 19.4 Å². The minimum atomic E-state index is -0.0612. The fraction of sp³-hybridized carbons (Fsp3) is 0.474. The van der Waals surface area contributed by atoms with Gasteiger partial charge in [0.25, 0.3) is 0 Å². The molecule has 1 fully saturated rings. The van der Waals surface area contributed by atoms with Crippen LogP contribution in [0.2, 0.25) is 0 Å². The summed E-state index contributed by atoms with van der Waals surface area (Å²) in [5.74, 6) is 1.76. The van der Waals surface area contributed by atoms with Gasteiger partial charge in [-0.3, -0.25) is 4.79 Å². The van der Waals surface area contributed by atoms with Crippen molar-refractivity contribution < 1.29 is 23.5 Å². The molecule has 7 nitrogen and oxygen atoms in total. The van der Waals surface area contributed by atoms with Crippen LogP contribution in [0.5, 0.6) is 5.75 Å². The van der Waals surface area contributed by atoms with E-state index in [4.69, 9.17) is 18.7 Å². The number of rotatable bonds is 10. The third-order valence-electron chi connectivity index (χ3n) is 4.05. The summed E-state index contributed by atoms with van der Waals surface area (Å²) in [4.78, 5) is 11.9. The van der Waals surface area contributed by atoms with Crippen molar-refractivity contribution in [2.75, 3.05) is 33.0 Å². The normalized spacial score (nSPS) is 16.5. The molecule has 0 aliphatic carbocycles. The van der Waals surface area contributed by atoms with Crippen molar-refractivity contribution in [3.8, 4) is 5.75 Å². The second-order valence-corrected chi connectivity index (χ2v) is 6.21. The number of benzene rings is 1. The van der Waals surface area contributed by atoms with Gasteiger partial charge >= 0.3 is 0 Å². The van der Waals surface area contributed by atoms with Crippen molar-refractivity contribution >= 4 is 5.91 Å².